The Labute approximate surface area is 143 Å². The lowest BCUT2D eigenvalue weighted by atomic mass is 10.1. The van der Waals surface area contributed by atoms with Crippen LogP contribution in [0.3, 0.4) is 0 Å². The maximum absolute atomic E-state index is 12.0. The number of hydrogen-bond donors (Lipinski definition) is 2. The van der Waals surface area contributed by atoms with E-state index in [-0.39, 0.29) is 18.2 Å². The fourth-order valence-corrected chi connectivity index (χ4v) is 2.35. The number of benzene rings is 2. The summed E-state index contributed by atoms with van der Waals surface area (Å²) in [5, 5.41) is 5.92. The van der Waals surface area contributed by atoms with E-state index in [1.165, 1.54) is 25.3 Å². The molecule has 126 valence electrons. The van der Waals surface area contributed by atoms with E-state index in [1.54, 1.807) is 24.3 Å². The first-order valence-corrected chi connectivity index (χ1v) is 8.32. The normalized spacial score (nSPS) is 10.2. The SMILES string of the molecule is CCCCc1ccc(NC(=O)CNc2ccc(C(C)=O)cc2)cc1. The number of hydrogen-bond acceptors (Lipinski definition) is 3. The molecule has 0 aromatic heterocycles. The molecule has 4 nitrogen and oxygen atoms in total. The molecular formula is C20H24N2O2. The van der Waals surface area contributed by atoms with E-state index in [9.17, 15) is 9.59 Å². The summed E-state index contributed by atoms with van der Waals surface area (Å²) >= 11 is 0. The van der Waals surface area contributed by atoms with E-state index < -0.39 is 0 Å². The highest BCUT2D eigenvalue weighted by atomic mass is 16.2. The van der Waals surface area contributed by atoms with E-state index >= 15 is 0 Å². The third-order valence-corrected chi connectivity index (χ3v) is 3.80. The summed E-state index contributed by atoms with van der Waals surface area (Å²) in [6.07, 6.45) is 3.43. The van der Waals surface area contributed by atoms with Gasteiger partial charge in [-0.05, 0) is 61.7 Å². The number of carbonyl (C=O) groups excluding carboxylic acids is 2. The topological polar surface area (TPSA) is 58.2 Å². The zero-order chi connectivity index (χ0) is 17.4. The second-order valence-electron chi connectivity index (χ2n) is 5.84. The fourth-order valence-electron chi connectivity index (χ4n) is 2.35. The van der Waals surface area contributed by atoms with Gasteiger partial charge in [0, 0.05) is 16.9 Å². The average molecular weight is 324 g/mol. The van der Waals surface area contributed by atoms with Gasteiger partial charge in [-0.2, -0.15) is 0 Å². The number of ketones is 1. The molecule has 0 saturated heterocycles. The van der Waals surface area contributed by atoms with Crippen LogP contribution < -0.4 is 10.6 Å². The summed E-state index contributed by atoms with van der Waals surface area (Å²) in [6.45, 7) is 3.88. The van der Waals surface area contributed by atoms with Crippen molar-refractivity contribution in [3.8, 4) is 0 Å². The van der Waals surface area contributed by atoms with Gasteiger partial charge < -0.3 is 10.6 Å². The molecule has 0 spiro atoms. The molecule has 2 N–H and O–H groups in total. The molecule has 0 bridgehead atoms. The van der Waals surface area contributed by atoms with Gasteiger partial charge >= 0.3 is 0 Å². The van der Waals surface area contributed by atoms with Gasteiger partial charge in [0.15, 0.2) is 5.78 Å². The van der Waals surface area contributed by atoms with Crippen LogP contribution in [-0.4, -0.2) is 18.2 Å². The van der Waals surface area contributed by atoms with Crippen LogP contribution >= 0.6 is 0 Å². The van der Waals surface area contributed by atoms with Crippen LogP contribution in [0, 0.1) is 0 Å². The second-order valence-corrected chi connectivity index (χ2v) is 5.84. The van der Waals surface area contributed by atoms with Gasteiger partial charge in [-0.15, -0.1) is 0 Å². The minimum Gasteiger partial charge on any atom is -0.376 e. The summed E-state index contributed by atoms with van der Waals surface area (Å²) in [6, 6.07) is 15.1. The lowest BCUT2D eigenvalue weighted by Crippen LogP contribution is -2.21. The quantitative estimate of drug-likeness (QED) is 0.712. The van der Waals surface area contributed by atoms with E-state index in [4.69, 9.17) is 0 Å². The maximum Gasteiger partial charge on any atom is 0.243 e. The number of unbranched alkanes of at least 4 members (excludes halogenated alkanes) is 1. The minimum absolute atomic E-state index is 0.0293. The molecule has 0 unspecified atom stereocenters. The summed E-state index contributed by atoms with van der Waals surface area (Å²) in [5.41, 5.74) is 3.56. The molecule has 1 amide bonds. The lowest BCUT2D eigenvalue weighted by molar-refractivity contribution is -0.114. The molecule has 2 rings (SSSR count). The predicted molar refractivity (Wildman–Crippen MR) is 98.6 cm³/mol. The van der Waals surface area contributed by atoms with E-state index in [2.05, 4.69) is 29.7 Å². The Balaban J connectivity index is 1.81. The molecule has 0 saturated carbocycles. The molecule has 0 heterocycles. The molecule has 0 atom stereocenters. The molecule has 2 aromatic carbocycles. The third kappa shape index (κ3) is 5.54. The van der Waals surface area contributed by atoms with Crippen LogP contribution in [-0.2, 0) is 11.2 Å². The van der Waals surface area contributed by atoms with Crippen LogP contribution in [0.25, 0.3) is 0 Å². The first-order valence-electron chi connectivity index (χ1n) is 8.32. The Morgan fingerprint density at radius 2 is 1.54 bits per heavy atom. The van der Waals surface area contributed by atoms with Gasteiger partial charge in [0.25, 0.3) is 0 Å². The van der Waals surface area contributed by atoms with Crippen molar-refractivity contribution in [2.45, 2.75) is 33.1 Å². The molecule has 0 fully saturated rings. The van der Waals surface area contributed by atoms with Gasteiger partial charge in [0.1, 0.15) is 0 Å². The second kappa shape index (κ2) is 8.87. The summed E-state index contributed by atoms with van der Waals surface area (Å²) < 4.78 is 0. The number of rotatable bonds is 8. The zero-order valence-electron chi connectivity index (χ0n) is 14.3. The number of anilines is 2. The van der Waals surface area contributed by atoms with Crippen molar-refractivity contribution in [3.63, 3.8) is 0 Å². The van der Waals surface area contributed by atoms with Crippen molar-refractivity contribution in [2.75, 3.05) is 17.2 Å². The number of aryl methyl sites for hydroxylation is 1. The highest BCUT2D eigenvalue weighted by molar-refractivity contribution is 5.95. The van der Waals surface area contributed by atoms with E-state index in [1.807, 2.05) is 12.1 Å². The van der Waals surface area contributed by atoms with Crippen LogP contribution in [0.4, 0.5) is 11.4 Å². The molecule has 2 aromatic rings. The lowest BCUT2D eigenvalue weighted by Gasteiger charge is -2.09. The molecule has 0 aliphatic carbocycles. The van der Waals surface area contributed by atoms with Crippen molar-refractivity contribution < 1.29 is 9.59 Å². The van der Waals surface area contributed by atoms with E-state index in [0.29, 0.717) is 5.56 Å². The first-order chi connectivity index (χ1) is 11.6. The predicted octanol–water partition coefficient (Wildman–Crippen LogP) is 4.28. The van der Waals surface area contributed by atoms with Crippen molar-refractivity contribution in [3.05, 3.63) is 59.7 Å². The monoisotopic (exact) mass is 324 g/mol. The van der Waals surface area contributed by atoms with Gasteiger partial charge in [-0.25, -0.2) is 0 Å². The van der Waals surface area contributed by atoms with Gasteiger partial charge in [0.05, 0.1) is 6.54 Å². The van der Waals surface area contributed by atoms with Crippen molar-refractivity contribution in [1.82, 2.24) is 0 Å². The van der Waals surface area contributed by atoms with Crippen LogP contribution in [0.15, 0.2) is 48.5 Å². The van der Waals surface area contributed by atoms with Crippen LogP contribution in [0.1, 0.15) is 42.6 Å². The van der Waals surface area contributed by atoms with E-state index in [0.717, 1.165) is 17.8 Å². The van der Waals surface area contributed by atoms with Crippen molar-refractivity contribution in [2.24, 2.45) is 0 Å². The van der Waals surface area contributed by atoms with Gasteiger partial charge in [-0.1, -0.05) is 25.5 Å². The first kappa shape index (κ1) is 17.7. The maximum atomic E-state index is 12.0. The smallest absolute Gasteiger partial charge is 0.243 e. The molecule has 24 heavy (non-hydrogen) atoms. The third-order valence-electron chi connectivity index (χ3n) is 3.80. The number of nitrogens with one attached hydrogen (secondary N) is 2. The van der Waals surface area contributed by atoms with Gasteiger partial charge in [0.2, 0.25) is 5.91 Å². The number of amides is 1. The Morgan fingerprint density at radius 1 is 0.917 bits per heavy atom. The zero-order valence-corrected chi connectivity index (χ0v) is 14.3. The Kier molecular flexibility index (Phi) is 6.55. The fraction of sp³-hybridized carbons (Fsp3) is 0.300. The van der Waals surface area contributed by atoms with Crippen LogP contribution in [0.2, 0.25) is 0 Å². The molecule has 0 radical (unpaired) electrons. The highest BCUT2D eigenvalue weighted by Crippen LogP contribution is 2.12. The Bertz CT molecular complexity index is 676. The molecule has 4 heteroatoms. The van der Waals surface area contributed by atoms with Crippen LogP contribution in [0.5, 0.6) is 0 Å². The van der Waals surface area contributed by atoms with Crippen molar-refractivity contribution in [1.29, 1.82) is 0 Å². The molecular weight excluding hydrogens is 300 g/mol. The Morgan fingerprint density at radius 3 is 2.12 bits per heavy atom. The summed E-state index contributed by atoms with van der Waals surface area (Å²) in [4.78, 5) is 23.2. The Hall–Kier alpha value is -2.62. The number of carbonyl (C=O) groups is 2. The summed E-state index contributed by atoms with van der Waals surface area (Å²) in [7, 11) is 0. The summed E-state index contributed by atoms with van der Waals surface area (Å²) in [5.74, 6) is -0.0753. The van der Waals surface area contributed by atoms with Crippen molar-refractivity contribution >= 4 is 23.1 Å². The highest BCUT2D eigenvalue weighted by Gasteiger charge is 2.04. The average Bonchev–Trinajstić information content (AvgIpc) is 2.59. The largest absolute Gasteiger partial charge is 0.376 e. The van der Waals surface area contributed by atoms with Gasteiger partial charge in [-0.3, -0.25) is 9.59 Å². The molecule has 0 aliphatic rings. The minimum atomic E-state index is -0.105. The standard InChI is InChI=1S/C20H24N2O2/c1-3-4-5-16-6-10-19(11-7-16)22-20(24)14-21-18-12-8-17(9-13-18)15(2)23/h6-13,21H,3-5,14H2,1-2H3,(H,22,24). The number of Topliss-reactive ketones (excluding diaryl/α,β-unsaturated/α-hetero) is 1. The molecule has 0 aliphatic heterocycles.